The van der Waals surface area contributed by atoms with Gasteiger partial charge in [0, 0.05) is 37.5 Å². The lowest BCUT2D eigenvalue weighted by molar-refractivity contribution is -0.158. The molecule has 6 N–H and O–H groups in total. The lowest BCUT2D eigenvalue weighted by Crippen LogP contribution is -2.41. The van der Waals surface area contributed by atoms with Crippen molar-refractivity contribution in [2.45, 2.75) is 161 Å². The molecule has 0 saturated heterocycles. The Hall–Kier alpha value is -4.09. The van der Waals surface area contributed by atoms with Gasteiger partial charge in [0.1, 0.15) is 19.3 Å². The molecule has 0 heterocycles. The third kappa shape index (κ3) is 39.5. The average molecular weight is 922 g/mol. The molecule has 17 nitrogen and oxygen atoms in total. The largest absolute Gasteiger partial charge is 0.481 e. The summed E-state index contributed by atoms with van der Waals surface area (Å²) < 4.78 is 24.9. The van der Waals surface area contributed by atoms with Crippen LogP contribution in [0.3, 0.4) is 0 Å². The Balaban J connectivity index is -0.000000241. The number of hydrogen-bond acceptors (Lipinski definition) is 13. The molecule has 0 aromatic heterocycles. The maximum absolute atomic E-state index is 11.7. The number of amides is 3. The molecule has 0 spiro atoms. The molecule has 0 saturated carbocycles. The number of methoxy groups -OCH3 is 1. The Morgan fingerprint density at radius 1 is 0.625 bits per heavy atom. The lowest BCUT2D eigenvalue weighted by atomic mass is 9.91. The van der Waals surface area contributed by atoms with Gasteiger partial charge < -0.3 is 50.3 Å². The number of ether oxygens (including phenoxy) is 5. The van der Waals surface area contributed by atoms with E-state index in [4.69, 9.17) is 34.5 Å². The van der Waals surface area contributed by atoms with Crippen molar-refractivity contribution in [1.29, 1.82) is 0 Å². The van der Waals surface area contributed by atoms with Gasteiger partial charge in [-0.2, -0.15) is 0 Å². The van der Waals surface area contributed by atoms with Gasteiger partial charge in [-0.25, -0.2) is 4.79 Å². The molecule has 0 aromatic carbocycles. The average Bonchev–Trinajstić information content (AvgIpc) is 3.27. The second-order valence-corrected chi connectivity index (χ2v) is 17.1. The highest BCUT2D eigenvalue weighted by Crippen LogP contribution is 2.22. The van der Waals surface area contributed by atoms with Crippen molar-refractivity contribution < 1.29 is 67.5 Å². The highest BCUT2D eigenvalue weighted by molar-refractivity contribution is 5.81. The molecule has 0 fully saturated rings. The zero-order valence-corrected chi connectivity index (χ0v) is 42.6. The van der Waals surface area contributed by atoms with Gasteiger partial charge in [-0.1, -0.05) is 68.9 Å². The van der Waals surface area contributed by atoms with Crippen molar-refractivity contribution in [2.75, 3.05) is 53.4 Å². The molecule has 0 aliphatic rings. The Bertz CT molecular complexity index is 1280. The molecule has 0 aliphatic carbocycles. The van der Waals surface area contributed by atoms with E-state index < -0.39 is 28.9 Å². The molecule has 17 heteroatoms. The summed E-state index contributed by atoms with van der Waals surface area (Å²) in [6.07, 6.45) is 6.28. The maximum atomic E-state index is 11.7. The maximum Gasteiger partial charge on any atom is 0.330 e. The second-order valence-electron chi connectivity index (χ2n) is 17.1. The minimum atomic E-state index is -0.838. The molecule has 0 radical (unpaired) electrons. The number of esters is 3. The van der Waals surface area contributed by atoms with Gasteiger partial charge in [0.25, 0.3) is 0 Å². The second kappa shape index (κ2) is 40.4. The van der Waals surface area contributed by atoms with E-state index in [1.54, 1.807) is 34.8 Å². The molecule has 4 atom stereocenters. The zero-order chi connectivity index (χ0) is 51.1. The minimum absolute atomic E-state index is 0.00509. The van der Waals surface area contributed by atoms with E-state index in [9.17, 15) is 38.7 Å². The molecular weight excluding hydrogens is 831 g/mol. The van der Waals surface area contributed by atoms with Crippen LogP contribution in [0.4, 0.5) is 0 Å². The fraction of sp³-hybridized carbons (Fsp3) is 0.809. The van der Waals surface area contributed by atoms with E-state index in [2.05, 4.69) is 17.2 Å². The summed E-state index contributed by atoms with van der Waals surface area (Å²) >= 11 is 0. The van der Waals surface area contributed by atoms with Crippen LogP contribution in [0.15, 0.2) is 12.7 Å². The molecule has 4 unspecified atom stereocenters. The number of rotatable bonds is 27. The number of unbranched alkanes of at least 4 members (excludes halogenated alkanes) is 1. The van der Waals surface area contributed by atoms with E-state index >= 15 is 0 Å². The first-order valence-corrected chi connectivity index (χ1v) is 22.5. The number of aliphatic carboxylic acids is 1. The number of nitrogens with one attached hydrogen (secondary N) is 2. The first kappa shape index (κ1) is 69.0. The van der Waals surface area contributed by atoms with Gasteiger partial charge in [0.05, 0.1) is 42.7 Å². The summed E-state index contributed by atoms with van der Waals surface area (Å²) in [5.41, 5.74) is 3.46. The number of hydrogen-bond donors (Lipinski definition) is 5. The highest BCUT2D eigenvalue weighted by Gasteiger charge is 2.28. The summed E-state index contributed by atoms with van der Waals surface area (Å²) in [6.45, 7) is 33.1. The standard InChI is InChI=1S/C16H28O6.C11H22N2O2.C9H18O3.C6H12O2.C5H11NO/c1-5-14(18)21-10-8-7-9-20-11-13(17)12-22-15(19)16(3,4)6-2;1-5-8(3)10(14)12-7-13-11(15)9(4)6-2;1-5-9(2,3)8(10)12-7-6-11-4;1-4-6(2,3)5(7)8;1-3-4(2)5(6)7/h5,13,17H,1,6-12H2,2-4H3;8-9H,5-7H2,1-4H3,(H,12,14)(H,13,15);5-7H2,1-4H3;4H2,1-3H3,(H,7,8);4H,3H2,1-2H3,(H2,6,7). The van der Waals surface area contributed by atoms with E-state index in [1.807, 2.05) is 76.2 Å². The third-order valence-corrected chi connectivity index (χ3v) is 10.4. The first-order chi connectivity index (χ1) is 29.6. The van der Waals surface area contributed by atoms with Crippen molar-refractivity contribution in [3.05, 3.63) is 12.7 Å². The number of aliphatic hydroxyl groups is 1. The Morgan fingerprint density at radius 3 is 1.38 bits per heavy atom. The van der Waals surface area contributed by atoms with E-state index in [0.29, 0.717) is 52.1 Å². The van der Waals surface area contributed by atoms with Crippen LogP contribution in [0.2, 0.25) is 0 Å². The van der Waals surface area contributed by atoms with Crippen LogP contribution in [0, 0.1) is 34.0 Å². The van der Waals surface area contributed by atoms with Crippen LogP contribution >= 0.6 is 0 Å². The van der Waals surface area contributed by atoms with Gasteiger partial charge in [-0.05, 0) is 92.9 Å². The molecule has 64 heavy (non-hydrogen) atoms. The van der Waals surface area contributed by atoms with Gasteiger partial charge >= 0.3 is 23.9 Å². The predicted molar refractivity (Wildman–Crippen MR) is 250 cm³/mol. The summed E-state index contributed by atoms with van der Waals surface area (Å²) in [4.78, 5) is 76.8. The highest BCUT2D eigenvalue weighted by atomic mass is 16.6. The molecular formula is C47H91N3O14. The van der Waals surface area contributed by atoms with Crippen LogP contribution in [-0.2, 0) is 57.2 Å². The van der Waals surface area contributed by atoms with Crippen LogP contribution in [0.1, 0.15) is 155 Å². The van der Waals surface area contributed by atoms with Crippen molar-refractivity contribution in [3.63, 3.8) is 0 Å². The van der Waals surface area contributed by atoms with Crippen LogP contribution in [-0.4, -0.2) is 111 Å². The SMILES string of the molecule is C=CC(=O)OCCCCOCC(O)COC(=O)C(C)(C)CC.CCC(C)(C)C(=O)O.CCC(C)(C)C(=O)OCCOC.CCC(C)C(=O)NCNC(=O)C(C)CC.CCC(C)C(N)=O. The van der Waals surface area contributed by atoms with Crippen molar-refractivity contribution in [3.8, 4) is 0 Å². The quantitative estimate of drug-likeness (QED) is 0.0188. The van der Waals surface area contributed by atoms with E-state index in [0.717, 1.165) is 31.8 Å². The molecule has 0 bridgehead atoms. The fourth-order valence-corrected chi connectivity index (χ4v) is 3.16. The number of aliphatic hydroxyl groups excluding tert-OH is 1. The predicted octanol–water partition coefficient (Wildman–Crippen LogP) is 6.76. The van der Waals surface area contributed by atoms with Crippen LogP contribution in [0.5, 0.6) is 0 Å². The minimum Gasteiger partial charge on any atom is -0.481 e. The summed E-state index contributed by atoms with van der Waals surface area (Å²) in [5, 5.41) is 23.4. The van der Waals surface area contributed by atoms with Crippen LogP contribution in [0.25, 0.3) is 0 Å². The smallest absolute Gasteiger partial charge is 0.330 e. The monoisotopic (exact) mass is 922 g/mol. The van der Waals surface area contributed by atoms with Gasteiger partial charge in [-0.3, -0.25) is 28.8 Å². The molecule has 0 aliphatic heterocycles. The number of carbonyl (C=O) groups is 7. The first-order valence-electron chi connectivity index (χ1n) is 22.5. The summed E-state index contributed by atoms with van der Waals surface area (Å²) in [5.74, 6) is -1.81. The third-order valence-electron chi connectivity index (χ3n) is 10.4. The topological polar surface area (TPSA) is 256 Å². The number of primary amides is 1. The van der Waals surface area contributed by atoms with Crippen molar-refractivity contribution >= 4 is 41.6 Å². The molecule has 0 aromatic rings. The lowest BCUT2D eigenvalue weighted by Gasteiger charge is -2.21. The van der Waals surface area contributed by atoms with Crippen molar-refractivity contribution in [1.82, 2.24) is 10.6 Å². The molecule has 3 amide bonds. The number of carboxylic acid groups (broad SMARTS) is 1. The van der Waals surface area contributed by atoms with Crippen molar-refractivity contribution in [2.24, 2.45) is 39.7 Å². The van der Waals surface area contributed by atoms with Gasteiger partial charge in [0.15, 0.2) is 0 Å². The van der Waals surface area contributed by atoms with E-state index in [-0.39, 0.29) is 72.7 Å². The number of carboxylic acids is 1. The van der Waals surface area contributed by atoms with Gasteiger partial charge in [0.2, 0.25) is 17.7 Å². The molecule has 378 valence electrons. The summed E-state index contributed by atoms with van der Waals surface area (Å²) in [6, 6.07) is 0. The fourth-order valence-electron chi connectivity index (χ4n) is 3.16. The normalized spacial score (nSPS) is 12.6. The Kier molecular flexibility index (Phi) is 43.6. The van der Waals surface area contributed by atoms with Gasteiger partial charge in [-0.15, -0.1) is 0 Å². The Labute approximate surface area is 386 Å². The number of nitrogens with two attached hydrogens (primary N) is 1. The summed E-state index contributed by atoms with van der Waals surface area (Å²) in [7, 11) is 1.58. The Morgan fingerprint density at radius 2 is 1.05 bits per heavy atom. The molecule has 0 rings (SSSR count). The number of carbonyl (C=O) groups excluding carboxylic acids is 6. The van der Waals surface area contributed by atoms with E-state index in [1.165, 1.54) is 0 Å². The zero-order valence-electron chi connectivity index (χ0n) is 42.6. The van der Waals surface area contributed by atoms with Crippen LogP contribution < -0.4 is 16.4 Å².